The lowest BCUT2D eigenvalue weighted by atomic mass is 9.94. The van der Waals surface area contributed by atoms with Gasteiger partial charge >= 0.3 is 0 Å². The Kier molecular flexibility index (Phi) is 6.85. The third-order valence-electron chi connectivity index (χ3n) is 4.74. The zero-order valence-corrected chi connectivity index (χ0v) is 15.8. The molecule has 1 heterocycles. The van der Waals surface area contributed by atoms with Crippen molar-refractivity contribution in [2.45, 2.75) is 33.6 Å². The Bertz CT molecular complexity index is 575. The molecule has 138 valence electrons. The lowest BCUT2D eigenvalue weighted by molar-refractivity contribution is -0.141. The SMILES string of the molecule is Cc1ccc(OCCN(C)C(=O)C2CCN(C(=O)C(C)C)CC2)cc1. The Morgan fingerprint density at radius 2 is 1.80 bits per heavy atom. The third kappa shape index (κ3) is 5.48. The second-order valence-corrected chi connectivity index (χ2v) is 7.18. The highest BCUT2D eigenvalue weighted by Crippen LogP contribution is 2.20. The third-order valence-corrected chi connectivity index (χ3v) is 4.74. The van der Waals surface area contributed by atoms with Gasteiger partial charge in [0, 0.05) is 32.0 Å². The molecule has 1 aliphatic rings. The number of benzene rings is 1. The minimum absolute atomic E-state index is 0.0144. The first-order valence-electron chi connectivity index (χ1n) is 9.11. The number of nitrogens with zero attached hydrogens (tertiary/aromatic N) is 2. The Balaban J connectivity index is 1.73. The number of carbonyl (C=O) groups is 2. The van der Waals surface area contributed by atoms with Crippen LogP contribution < -0.4 is 4.74 Å². The molecule has 5 nitrogen and oxygen atoms in total. The van der Waals surface area contributed by atoms with Gasteiger partial charge in [0.2, 0.25) is 11.8 Å². The normalized spacial score (nSPS) is 15.3. The predicted molar refractivity (Wildman–Crippen MR) is 98.5 cm³/mol. The van der Waals surface area contributed by atoms with Crippen LogP contribution in [-0.2, 0) is 9.59 Å². The van der Waals surface area contributed by atoms with E-state index in [1.165, 1.54) is 5.56 Å². The monoisotopic (exact) mass is 346 g/mol. The molecule has 0 aliphatic carbocycles. The lowest BCUT2D eigenvalue weighted by Crippen LogP contribution is -2.45. The summed E-state index contributed by atoms with van der Waals surface area (Å²) in [6, 6.07) is 7.91. The minimum Gasteiger partial charge on any atom is -0.492 e. The van der Waals surface area contributed by atoms with E-state index in [-0.39, 0.29) is 23.7 Å². The highest BCUT2D eigenvalue weighted by atomic mass is 16.5. The number of carbonyl (C=O) groups excluding carboxylic acids is 2. The average molecular weight is 346 g/mol. The van der Waals surface area contributed by atoms with Gasteiger partial charge in [-0.3, -0.25) is 9.59 Å². The largest absolute Gasteiger partial charge is 0.492 e. The number of amides is 2. The van der Waals surface area contributed by atoms with Crippen molar-refractivity contribution in [3.05, 3.63) is 29.8 Å². The molecule has 1 aromatic carbocycles. The molecule has 0 N–H and O–H groups in total. The van der Waals surface area contributed by atoms with Gasteiger partial charge in [0.05, 0.1) is 6.54 Å². The molecule has 0 radical (unpaired) electrons. The Hall–Kier alpha value is -2.04. The second-order valence-electron chi connectivity index (χ2n) is 7.18. The first kappa shape index (κ1) is 19.3. The van der Waals surface area contributed by atoms with Crippen LogP contribution in [0.5, 0.6) is 5.75 Å². The fraction of sp³-hybridized carbons (Fsp3) is 0.600. The van der Waals surface area contributed by atoms with E-state index in [9.17, 15) is 9.59 Å². The molecule has 1 aliphatic heterocycles. The molecule has 0 unspecified atom stereocenters. The lowest BCUT2D eigenvalue weighted by Gasteiger charge is -2.34. The van der Waals surface area contributed by atoms with E-state index < -0.39 is 0 Å². The molecule has 25 heavy (non-hydrogen) atoms. The van der Waals surface area contributed by atoms with Crippen LogP contribution in [-0.4, -0.2) is 54.9 Å². The first-order valence-corrected chi connectivity index (χ1v) is 9.11. The quantitative estimate of drug-likeness (QED) is 0.796. The number of hydrogen-bond acceptors (Lipinski definition) is 3. The number of hydrogen-bond donors (Lipinski definition) is 0. The summed E-state index contributed by atoms with van der Waals surface area (Å²) >= 11 is 0. The summed E-state index contributed by atoms with van der Waals surface area (Å²) in [5.74, 6) is 1.20. The maximum absolute atomic E-state index is 12.6. The van der Waals surface area contributed by atoms with E-state index in [1.54, 1.807) is 4.90 Å². The molecule has 0 bridgehead atoms. The van der Waals surface area contributed by atoms with Gasteiger partial charge in [-0.1, -0.05) is 31.5 Å². The van der Waals surface area contributed by atoms with Crippen LogP contribution in [0.25, 0.3) is 0 Å². The van der Waals surface area contributed by atoms with Crippen LogP contribution in [0.2, 0.25) is 0 Å². The summed E-state index contributed by atoms with van der Waals surface area (Å²) in [4.78, 5) is 28.2. The van der Waals surface area contributed by atoms with E-state index in [0.717, 1.165) is 18.6 Å². The summed E-state index contributed by atoms with van der Waals surface area (Å²) in [7, 11) is 1.83. The van der Waals surface area contributed by atoms with Gasteiger partial charge in [0.15, 0.2) is 0 Å². The fourth-order valence-electron chi connectivity index (χ4n) is 3.07. The minimum atomic E-state index is 0.0144. The van der Waals surface area contributed by atoms with Gasteiger partial charge < -0.3 is 14.5 Å². The van der Waals surface area contributed by atoms with Gasteiger partial charge in [-0.15, -0.1) is 0 Å². The van der Waals surface area contributed by atoms with Crippen LogP contribution in [0.1, 0.15) is 32.3 Å². The zero-order chi connectivity index (χ0) is 18.4. The smallest absolute Gasteiger partial charge is 0.225 e. The summed E-state index contributed by atoms with van der Waals surface area (Å²) in [5, 5.41) is 0. The van der Waals surface area contributed by atoms with E-state index in [1.807, 2.05) is 57.0 Å². The first-order chi connectivity index (χ1) is 11.9. The van der Waals surface area contributed by atoms with E-state index in [4.69, 9.17) is 4.74 Å². The topological polar surface area (TPSA) is 49.9 Å². The van der Waals surface area contributed by atoms with Crippen LogP contribution in [0.3, 0.4) is 0 Å². The van der Waals surface area contributed by atoms with Gasteiger partial charge in [0.1, 0.15) is 12.4 Å². The van der Waals surface area contributed by atoms with Crippen molar-refractivity contribution in [1.82, 2.24) is 9.80 Å². The van der Waals surface area contributed by atoms with Crippen LogP contribution in [0.15, 0.2) is 24.3 Å². The van der Waals surface area contributed by atoms with Crippen LogP contribution in [0.4, 0.5) is 0 Å². The fourth-order valence-corrected chi connectivity index (χ4v) is 3.07. The number of likely N-dealkylation sites (tertiary alicyclic amines) is 1. The highest BCUT2D eigenvalue weighted by Gasteiger charge is 2.29. The van der Waals surface area contributed by atoms with E-state index >= 15 is 0 Å². The molecular weight excluding hydrogens is 316 g/mol. The van der Waals surface area contributed by atoms with Crippen molar-refractivity contribution in [2.24, 2.45) is 11.8 Å². The Labute approximate surface area is 150 Å². The molecule has 0 spiro atoms. The maximum atomic E-state index is 12.6. The highest BCUT2D eigenvalue weighted by molar-refractivity contribution is 5.80. The van der Waals surface area contributed by atoms with Gasteiger partial charge in [-0.05, 0) is 31.9 Å². The van der Waals surface area contributed by atoms with Gasteiger partial charge in [0.25, 0.3) is 0 Å². The molecule has 1 fully saturated rings. The molecule has 0 saturated carbocycles. The van der Waals surface area contributed by atoms with E-state index in [0.29, 0.717) is 26.2 Å². The number of ether oxygens (including phenoxy) is 1. The second kappa shape index (κ2) is 8.88. The predicted octanol–water partition coefficient (Wildman–Crippen LogP) is 2.73. The van der Waals surface area contributed by atoms with Gasteiger partial charge in [-0.2, -0.15) is 0 Å². The number of piperidine rings is 1. The molecule has 1 saturated heterocycles. The standard InChI is InChI=1S/C20H30N2O3/c1-15(2)19(23)22-11-9-17(10-12-22)20(24)21(4)13-14-25-18-7-5-16(3)6-8-18/h5-8,15,17H,9-14H2,1-4H3. The molecule has 5 heteroatoms. The molecule has 2 amide bonds. The molecule has 0 atom stereocenters. The van der Waals surface area contributed by atoms with Crippen molar-refractivity contribution in [3.63, 3.8) is 0 Å². The zero-order valence-electron chi connectivity index (χ0n) is 15.8. The van der Waals surface area contributed by atoms with Crippen molar-refractivity contribution in [1.29, 1.82) is 0 Å². The summed E-state index contributed by atoms with van der Waals surface area (Å²) in [5.41, 5.74) is 1.20. The Morgan fingerprint density at radius 3 is 2.36 bits per heavy atom. The van der Waals surface area contributed by atoms with Crippen LogP contribution >= 0.6 is 0 Å². The maximum Gasteiger partial charge on any atom is 0.225 e. The van der Waals surface area contributed by atoms with E-state index in [2.05, 4.69) is 0 Å². The summed E-state index contributed by atoms with van der Waals surface area (Å²) < 4.78 is 5.70. The van der Waals surface area contributed by atoms with Crippen molar-refractivity contribution >= 4 is 11.8 Å². The number of aryl methyl sites for hydroxylation is 1. The molecule has 1 aromatic rings. The number of rotatable bonds is 6. The summed E-state index contributed by atoms with van der Waals surface area (Å²) in [6.07, 6.45) is 1.50. The average Bonchev–Trinajstić information content (AvgIpc) is 2.62. The number of likely N-dealkylation sites (N-methyl/N-ethyl adjacent to an activating group) is 1. The molecule has 2 rings (SSSR count). The van der Waals surface area contributed by atoms with Crippen molar-refractivity contribution < 1.29 is 14.3 Å². The summed E-state index contributed by atoms with van der Waals surface area (Å²) in [6.45, 7) is 8.29. The van der Waals surface area contributed by atoms with Crippen molar-refractivity contribution in [2.75, 3.05) is 33.3 Å². The van der Waals surface area contributed by atoms with Crippen LogP contribution in [0, 0.1) is 18.8 Å². The Morgan fingerprint density at radius 1 is 1.20 bits per heavy atom. The van der Waals surface area contributed by atoms with Crippen molar-refractivity contribution in [3.8, 4) is 5.75 Å². The molecule has 0 aromatic heterocycles. The van der Waals surface area contributed by atoms with Gasteiger partial charge in [-0.25, -0.2) is 0 Å². The molecular formula is C20H30N2O3.